The molecule has 0 radical (unpaired) electrons. The van der Waals surface area contributed by atoms with E-state index in [1.165, 1.54) is 11.6 Å². The van der Waals surface area contributed by atoms with Gasteiger partial charge in [0.2, 0.25) is 0 Å². The van der Waals surface area contributed by atoms with Gasteiger partial charge in [0, 0.05) is 44.4 Å². The van der Waals surface area contributed by atoms with Crippen LogP contribution in [0.5, 0.6) is 0 Å². The highest BCUT2D eigenvalue weighted by atomic mass is 16.6. The molecule has 170 valence electrons. The average molecular weight is 437 g/mol. The third-order valence-corrected chi connectivity index (χ3v) is 6.52. The topological polar surface area (TPSA) is 69.9 Å². The number of carbonyl (C=O) groups excluding carboxylic acids is 1. The molecular weight excluding hydrogens is 404 g/mol. The molecule has 7 heteroatoms. The Morgan fingerprint density at radius 3 is 2.44 bits per heavy atom. The number of nitro benzene ring substituents is 1. The minimum absolute atomic E-state index is 0.0371. The van der Waals surface area contributed by atoms with E-state index in [2.05, 4.69) is 29.2 Å². The Hall–Kier alpha value is -2.93. The lowest BCUT2D eigenvalue weighted by molar-refractivity contribution is -0.384. The molecule has 2 fully saturated rings. The quantitative estimate of drug-likeness (QED) is 0.485. The number of nitrogens with zero attached hydrogens (tertiary/aromatic N) is 4. The summed E-state index contributed by atoms with van der Waals surface area (Å²) in [6.07, 6.45) is 5.18. The molecule has 2 aromatic rings. The van der Waals surface area contributed by atoms with Gasteiger partial charge in [-0.3, -0.25) is 14.9 Å². The Labute approximate surface area is 189 Å². The Balaban J connectivity index is 1.35. The van der Waals surface area contributed by atoms with Gasteiger partial charge in [-0.1, -0.05) is 30.3 Å². The van der Waals surface area contributed by atoms with Gasteiger partial charge < -0.3 is 14.7 Å². The van der Waals surface area contributed by atoms with Gasteiger partial charge in [0.05, 0.1) is 4.92 Å². The fourth-order valence-electron chi connectivity index (χ4n) is 4.76. The molecule has 7 nitrogen and oxygen atoms in total. The minimum Gasteiger partial charge on any atom is -0.366 e. The van der Waals surface area contributed by atoms with Gasteiger partial charge in [0.25, 0.3) is 11.6 Å². The van der Waals surface area contributed by atoms with Crippen LogP contribution in [0.25, 0.3) is 0 Å². The van der Waals surface area contributed by atoms with Crippen LogP contribution in [0.4, 0.5) is 11.4 Å². The van der Waals surface area contributed by atoms with E-state index in [1.54, 1.807) is 12.1 Å². The Kier molecular flexibility index (Phi) is 7.37. The second-order valence-corrected chi connectivity index (χ2v) is 8.73. The number of rotatable bonds is 7. The molecule has 0 atom stereocenters. The van der Waals surface area contributed by atoms with E-state index in [9.17, 15) is 14.9 Å². The second kappa shape index (κ2) is 10.6. The SMILES string of the molecule is O=C(c1ccc(N2CCCC2)c([N+](=O)[O-])c1)N1CCCN(CCCc2ccccc2)CC1. The molecule has 2 heterocycles. The fourth-order valence-corrected chi connectivity index (χ4v) is 4.76. The highest BCUT2D eigenvalue weighted by Crippen LogP contribution is 2.32. The van der Waals surface area contributed by atoms with Crippen LogP contribution in [0.15, 0.2) is 48.5 Å². The highest BCUT2D eigenvalue weighted by molar-refractivity contribution is 5.95. The second-order valence-electron chi connectivity index (χ2n) is 8.73. The first kappa shape index (κ1) is 22.3. The van der Waals surface area contributed by atoms with E-state index in [4.69, 9.17) is 0 Å². The van der Waals surface area contributed by atoms with Crippen molar-refractivity contribution in [1.82, 2.24) is 9.80 Å². The molecule has 2 aliphatic heterocycles. The number of aryl methyl sites for hydroxylation is 1. The summed E-state index contributed by atoms with van der Waals surface area (Å²) < 4.78 is 0. The average Bonchev–Trinajstić information content (AvgIpc) is 3.25. The first-order valence-corrected chi connectivity index (χ1v) is 11.7. The lowest BCUT2D eigenvalue weighted by Crippen LogP contribution is -2.35. The molecule has 1 amide bonds. The molecule has 4 rings (SSSR count). The first-order valence-electron chi connectivity index (χ1n) is 11.7. The maximum atomic E-state index is 13.1. The fraction of sp³-hybridized carbons (Fsp3) is 0.480. The zero-order valence-corrected chi connectivity index (χ0v) is 18.6. The van der Waals surface area contributed by atoms with Crippen LogP contribution in [0.1, 0.15) is 41.6 Å². The molecule has 0 aliphatic carbocycles. The summed E-state index contributed by atoms with van der Waals surface area (Å²) in [5.74, 6) is -0.104. The predicted octanol–water partition coefficient (Wildman–Crippen LogP) is 3.98. The Bertz CT molecular complexity index is 928. The van der Waals surface area contributed by atoms with Gasteiger partial charge in [0.15, 0.2) is 0 Å². The lowest BCUT2D eigenvalue weighted by atomic mass is 10.1. The zero-order valence-electron chi connectivity index (χ0n) is 18.6. The Morgan fingerprint density at radius 2 is 1.69 bits per heavy atom. The molecule has 2 aliphatic rings. The van der Waals surface area contributed by atoms with Crippen molar-refractivity contribution in [1.29, 1.82) is 0 Å². The summed E-state index contributed by atoms with van der Waals surface area (Å²) in [6.45, 7) is 5.86. The summed E-state index contributed by atoms with van der Waals surface area (Å²) in [6, 6.07) is 15.5. The van der Waals surface area contributed by atoms with E-state index in [1.807, 2.05) is 15.9 Å². The molecule has 2 aromatic carbocycles. The number of amides is 1. The number of hydrogen-bond donors (Lipinski definition) is 0. The van der Waals surface area contributed by atoms with Crippen molar-refractivity contribution in [2.45, 2.75) is 32.1 Å². The standard InChI is InChI=1S/C25H32N4O3/c30-25(22-11-12-23(24(20-22)29(31)32)27-15-4-5-16-27)28-17-7-14-26(18-19-28)13-6-10-21-8-2-1-3-9-21/h1-3,8-9,11-12,20H,4-7,10,13-19H2. The van der Waals surface area contributed by atoms with Crippen LogP contribution in [0.3, 0.4) is 0 Å². The van der Waals surface area contributed by atoms with Crippen molar-refractivity contribution < 1.29 is 9.72 Å². The van der Waals surface area contributed by atoms with Crippen molar-refractivity contribution in [2.24, 2.45) is 0 Å². The van der Waals surface area contributed by atoms with Crippen LogP contribution in [0, 0.1) is 10.1 Å². The monoisotopic (exact) mass is 436 g/mol. The van der Waals surface area contributed by atoms with Crippen LogP contribution in [-0.4, -0.2) is 66.4 Å². The molecule has 0 N–H and O–H groups in total. The van der Waals surface area contributed by atoms with Crippen molar-refractivity contribution in [2.75, 3.05) is 50.7 Å². The highest BCUT2D eigenvalue weighted by Gasteiger charge is 2.26. The van der Waals surface area contributed by atoms with E-state index in [0.717, 1.165) is 64.8 Å². The van der Waals surface area contributed by atoms with Crippen molar-refractivity contribution in [3.63, 3.8) is 0 Å². The van der Waals surface area contributed by atoms with Crippen LogP contribution < -0.4 is 4.90 Å². The van der Waals surface area contributed by atoms with Crippen molar-refractivity contribution in [3.05, 3.63) is 69.8 Å². The maximum Gasteiger partial charge on any atom is 0.293 e. The van der Waals surface area contributed by atoms with Crippen molar-refractivity contribution in [3.8, 4) is 0 Å². The van der Waals surface area contributed by atoms with Crippen LogP contribution in [0.2, 0.25) is 0 Å². The molecule has 0 bridgehead atoms. The summed E-state index contributed by atoms with van der Waals surface area (Å²) in [5, 5.41) is 11.7. The number of carbonyl (C=O) groups is 1. The van der Waals surface area contributed by atoms with Crippen molar-refractivity contribution >= 4 is 17.3 Å². The predicted molar refractivity (Wildman–Crippen MR) is 126 cm³/mol. The van der Waals surface area contributed by atoms with Gasteiger partial charge >= 0.3 is 0 Å². The van der Waals surface area contributed by atoms with Gasteiger partial charge in [-0.2, -0.15) is 0 Å². The molecular formula is C25H32N4O3. The third kappa shape index (κ3) is 5.46. The molecule has 0 unspecified atom stereocenters. The number of benzene rings is 2. The van der Waals surface area contributed by atoms with Crippen LogP contribution >= 0.6 is 0 Å². The van der Waals surface area contributed by atoms with E-state index in [-0.39, 0.29) is 16.5 Å². The summed E-state index contributed by atoms with van der Waals surface area (Å²) in [7, 11) is 0. The number of hydrogen-bond acceptors (Lipinski definition) is 5. The molecule has 2 saturated heterocycles. The summed E-state index contributed by atoms with van der Waals surface area (Å²) in [4.78, 5) is 30.8. The summed E-state index contributed by atoms with van der Waals surface area (Å²) >= 11 is 0. The molecule has 0 spiro atoms. The van der Waals surface area contributed by atoms with E-state index >= 15 is 0 Å². The molecule has 32 heavy (non-hydrogen) atoms. The van der Waals surface area contributed by atoms with Gasteiger partial charge in [-0.25, -0.2) is 0 Å². The number of anilines is 1. The van der Waals surface area contributed by atoms with Gasteiger partial charge in [0.1, 0.15) is 5.69 Å². The maximum absolute atomic E-state index is 13.1. The van der Waals surface area contributed by atoms with E-state index < -0.39 is 0 Å². The first-order chi connectivity index (χ1) is 15.6. The smallest absolute Gasteiger partial charge is 0.293 e. The number of nitro groups is 1. The van der Waals surface area contributed by atoms with Gasteiger partial charge in [-0.05, 0) is 62.9 Å². The van der Waals surface area contributed by atoms with Crippen LogP contribution in [-0.2, 0) is 6.42 Å². The third-order valence-electron chi connectivity index (χ3n) is 6.52. The molecule has 0 aromatic heterocycles. The normalized spacial score (nSPS) is 17.4. The Morgan fingerprint density at radius 1 is 0.906 bits per heavy atom. The van der Waals surface area contributed by atoms with E-state index in [0.29, 0.717) is 24.3 Å². The summed E-state index contributed by atoms with van der Waals surface area (Å²) in [5.41, 5.74) is 2.44. The molecule has 0 saturated carbocycles. The zero-order chi connectivity index (χ0) is 22.3. The lowest BCUT2D eigenvalue weighted by Gasteiger charge is -2.23. The largest absolute Gasteiger partial charge is 0.366 e. The minimum atomic E-state index is -0.360. The van der Waals surface area contributed by atoms with Gasteiger partial charge in [-0.15, -0.1) is 0 Å².